The van der Waals surface area contributed by atoms with Crippen LogP contribution in [-0.4, -0.2) is 48.6 Å². The molecule has 23 heavy (non-hydrogen) atoms. The zero-order valence-electron chi connectivity index (χ0n) is 12.3. The van der Waals surface area contributed by atoms with Crippen LogP contribution in [-0.2, 0) is 30.8 Å². The predicted molar refractivity (Wildman–Crippen MR) is 84.7 cm³/mol. The monoisotopic (exact) mass is 356 g/mol. The van der Waals surface area contributed by atoms with E-state index in [0.29, 0.717) is 6.42 Å². The van der Waals surface area contributed by atoms with Gasteiger partial charge >= 0.3 is 5.97 Å². The molecule has 0 radical (unpaired) electrons. The lowest BCUT2D eigenvalue weighted by Gasteiger charge is -2.27. The van der Waals surface area contributed by atoms with E-state index in [1.165, 1.54) is 11.3 Å². The second-order valence-electron chi connectivity index (χ2n) is 5.50. The third-order valence-electron chi connectivity index (χ3n) is 3.78. The topological polar surface area (TPSA) is 93.1 Å². The number of hydrazone groups is 1. The maximum atomic E-state index is 12.1. The molecule has 1 aromatic rings. The van der Waals surface area contributed by atoms with Crippen molar-refractivity contribution in [1.82, 2.24) is 5.01 Å². The molecule has 7 nitrogen and oxygen atoms in total. The van der Waals surface area contributed by atoms with Gasteiger partial charge in [-0.2, -0.15) is 5.10 Å². The summed E-state index contributed by atoms with van der Waals surface area (Å²) in [5.74, 6) is -0.854. The first kappa shape index (κ1) is 16.1. The normalized spacial score (nSPS) is 23.7. The van der Waals surface area contributed by atoms with Gasteiger partial charge in [-0.05, 0) is 17.9 Å². The van der Waals surface area contributed by atoms with Gasteiger partial charge < -0.3 is 4.74 Å². The van der Waals surface area contributed by atoms with E-state index in [0.717, 1.165) is 9.89 Å². The maximum absolute atomic E-state index is 12.1. The molecule has 1 amide bonds. The summed E-state index contributed by atoms with van der Waals surface area (Å²) in [5, 5.41) is 7.13. The summed E-state index contributed by atoms with van der Waals surface area (Å²) in [6, 6.07) is 3.25. The molecule has 0 aromatic carbocycles. The van der Waals surface area contributed by atoms with Crippen molar-refractivity contribution in [2.24, 2.45) is 5.10 Å². The number of ether oxygens (including phenoxy) is 1. The molecular formula is C14H16N2O5S2. The fraction of sp³-hybridized carbons (Fsp3) is 0.500. The molecule has 1 unspecified atom stereocenters. The Morgan fingerprint density at radius 2 is 2.26 bits per heavy atom. The highest BCUT2D eigenvalue weighted by atomic mass is 32.2. The van der Waals surface area contributed by atoms with Crippen LogP contribution >= 0.6 is 11.3 Å². The van der Waals surface area contributed by atoms with Gasteiger partial charge in [0.1, 0.15) is 12.3 Å². The van der Waals surface area contributed by atoms with E-state index in [4.69, 9.17) is 4.74 Å². The van der Waals surface area contributed by atoms with E-state index in [9.17, 15) is 18.0 Å². The molecule has 0 bridgehead atoms. The maximum Gasteiger partial charge on any atom is 0.354 e. The zero-order chi connectivity index (χ0) is 16.4. The van der Waals surface area contributed by atoms with Crippen molar-refractivity contribution < 1.29 is 22.7 Å². The highest BCUT2D eigenvalue weighted by Gasteiger charge is 2.37. The quantitative estimate of drug-likeness (QED) is 0.749. The first-order chi connectivity index (χ1) is 10.9. The van der Waals surface area contributed by atoms with Crippen LogP contribution in [0.5, 0.6) is 0 Å². The summed E-state index contributed by atoms with van der Waals surface area (Å²) in [6.07, 6.45) is 0.719. The number of hydrogen-bond acceptors (Lipinski definition) is 7. The van der Waals surface area contributed by atoms with Crippen molar-refractivity contribution in [3.8, 4) is 0 Å². The number of nitrogens with zero attached hydrogens (tertiary/aromatic N) is 2. The molecule has 1 atom stereocenters. The molecule has 1 aromatic heterocycles. The van der Waals surface area contributed by atoms with E-state index in [2.05, 4.69) is 5.10 Å². The van der Waals surface area contributed by atoms with E-state index in [-0.39, 0.29) is 42.6 Å². The van der Waals surface area contributed by atoms with Gasteiger partial charge in [-0.15, -0.1) is 11.3 Å². The van der Waals surface area contributed by atoms with Crippen molar-refractivity contribution in [2.45, 2.75) is 31.9 Å². The lowest BCUT2D eigenvalue weighted by molar-refractivity contribution is -0.138. The Hall–Kier alpha value is -1.74. The van der Waals surface area contributed by atoms with Crippen LogP contribution in [0.2, 0.25) is 0 Å². The van der Waals surface area contributed by atoms with Crippen molar-refractivity contribution in [2.75, 3.05) is 11.5 Å². The van der Waals surface area contributed by atoms with Crippen LogP contribution in [0.3, 0.4) is 0 Å². The lowest BCUT2D eigenvalue weighted by Crippen LogP contribution is -2.42. The molecule has 0 aliphatic carbocycles. The largest absolute Gasteiger partial charge is 0.455 e. The van der Waals surface area contributed by atoms with E-state index < -0.39 is 21.8 Å². The highest BCUT2D eigenvalue weighted by molar-refractivity contribution is 7.91. The second kappa shape index (κ2) is 6.40. The van der Waals surface area contributed by atoms with Gasteiger partial charge in [-0.1, -0.05) is 6.07 Å². The molecule has 3 rings (SSSR count). The highest BCUT2D eigenvalue weighted by Crippen LogP contribution is 2.22. The Morgan fingerprint density at radius 3 is 2.91 bits per heavy atom. The number of carbonyl (C=O) groups excluding carboxylic acids is 2. The zero-order valence-corrected chi connectivity index (χ0v) is 13.9. The minimum Gasteiger partial charge on any atom is -0.455 e. The molecule has 2 aliphatic rings. The smallest absolute Gasteiger partial charge is 0.354 e. The van der Waals surface area contributed by atoms with Gasteiger partial charge in [0, 0.05) is 17.7 Å². The number of sulfone groups is 1. The summed E-state index contributed by atoms with van der Waals surface area (Å²) in [4.78, 5) is 25.0. The van der Waals surface area contributed by atoms with Crippen LogP contribution in [0.15, 0.2) is 22.6 Å². The SMILES string of the molecule is O=C(OCc1cccs1)C1=NN(C2CCS(=O)(=O)C2)C(=O)CC1. The molecule has 0 spiro atoms. The van der Waals surface area contributed by atoms with Crippen LogP contribution in [0.25, 0.3) is 0 Å². The van der Waals surface area contributed by atoms with E-state index >= 15 is 0 Å². The van der Waals surface area contributed by atoms with Crippen LogP contribution < -0.4 is 0 Å². The Labute approximate surface area is 137 Å². The molecule has 1 saturated heterocycles. The number of rotatable bonds is 4. The van der Waals surface area contributed by atoms with Gasteiger partial charge in [0.2, 0.25) is 5.91 Å². The van der Waals surface area contributed by atoms with Crippen molar-refractivity contribution in [3.05, 3.63) is 22.4 Å². The standard InChI is InChI=1S/C14H16N2O5S2/c17-13-4-3-12(14(18)21-8-11-2-1-6-22-11)15-16(13)10-5-7-23(19,20)9-10/h1-2,6,10H,3-5,7-9H2. The van der Waals surface area contributed by atoms with Crippen molar-refractivity contribution in [3.63, 3.8) is 0 Å². The molecule has 0 saturated carbocycles. The number of hydrogen-bond donors (Lipinski definition) is 0. The molecule has 2 aliphatic heterocycles. The van der Waals surface area contributed by atoms with Crippen LogP contribution in [0, 0.1) is 0 Å². The van der Waals surface area contributed by atoms with Crippen LogP contribution in [0.1, 0.15) is 24.1 Å². The van der Waals surface area contributed by atoms with Crippen molar-refractivity contribution >= 4 is 38.8 Å². The average Bonchev–Trinajstić information content (AvgIpc) is 3.14. The Balaban J connectivity index is 1.68. The summed E-state index contributed by atoms with van der Waals surface area (Å²) in [7, 11) is -3.12. The third kappa shape index (κ3) is 3.78. The Bertz CT molecular complexity index is 739. The minimum absolute atomic E-state index is 0.0507. The number of amides is 1. The molecular weight excluding hydrogens is 340 g/mol. The van der Waals surface area contributed by atoms with Gasteiger partial charge in [-0.25, -0.2) is 18.2 Å². The molecule has 124 valence electrons. The average molecular weight is 356 g/mol. The first-order valence-corrected chi connectivity index (χ1v) is 9.94. The molecule has 1 fully saturated rings. The molecule has 0 N–H and O–H groups in total. The number of thiophene rings is 1. The lowest BCUT2D eigenvalue weighted by atomic mass is 10.1. The van der Waals surface area contributed by atoms with Gasteiger partial charge in [0.25, 0.3) is 0 Å². The minimum atomic E-state index is -3.12. The fourth-order valence-corrected chi connectivity index (χ4v) is 4.89. The second-order valence-corrected chi connectivity index (χ2v) is 8.76. The first-order valence-electron chi connectivity index (χ1n) is 7.24. The summed E-state index contributed by atoms with van der Waals surface area (Å²) < 4.78 is 28.3. The van der Waals surface area contributed by atoms with Crippen molar-refractivity contribution in [1.29, 1.82) is 0 Å². The van der Waals surface area contributed by atoms with Gasteiger partial charge in [0.05, 0.1) is 17.5 Å². The van der Waals surface area contributed by atoms with E-state index in [1.807, 2.05) is 17.5 Å². The molecule has 3 heterocycles. The summed E-state index contributed by atoms with van der Waals surface area (Å²) in [6.45, 7) is 0.168. The van der Waals surface area contributed by atoms with E-state index in [1.54, 1.807) is 0 Å². The fourth-order valence-electron chi connectivity index (χ4n) is 2.59. The molecule has 9 heteroatoms. The number of esters is 1. The van der Waals surface area contributed by atoms with Crippen LogP contribution in [0.4, 0.5) is 0 Å². The predicted octanol–water partition coefficient (Wildman–Crippen LogP) is 0.957. The number of carbonyl (C=O) groups is 2. The third-order valence-corrected chi connectivity index (χ3v) is 6.38. The Morgan fingerprint density at radius 1 is 1.43 bits per heavy atom. The Kier molecular flexibility index (Phi) is 4.49. The van der Waals surface area contributed by atoms with Gasteiger partial charge in [0.15, 0.2) is 9.84 Å². The summed E-state index contributed by atoms with van der Waals surface area (Å²) >= 11 is 1.48. The van der Waals surface area contributed by atoms with Gasteiger partial charge in [-0.3, -0.25) is 4.79 Å². The summed E-state index contributed by atoms with van der Waals surface area (Å²) in [5.41, 5.74) is 0.172.